The number of hydrogen-bond acceptors (Lipinski definition) is 8. The smallest absolute Gasteiger partial charge is 0.330 e. The van der Waals surface area contributed by atoms with Gasteiger partial charge in [-0.25, -0.2) is 4.79 Å². The lowest BCUT2D eigenvalue weighted by Crippen LogP contribution is -2.37. The zero-order valence-corrected chi connectivity index (χ0v) is 20.9. The Morgan fingerprint density at radius 3 is 2.03 bits per heavy atom. The summed E-state index contributed by atoms with van der Waals surface area (Å²) in [7, 11) is 3.22. The van der Waals surface area contributed by atoms with Crippen molar-refractivity contribution < 1.29 is 14.2 Å². The highest BCUT2D eigenvalue weighted by molar-refractivity contribution is 5.56. The fourth-order valence-electron chi connectivity index (χ4n) is 5.24. The number of nitrogens with one attached hydrogen (secondary N) is 2. The van der Waals surface area contributed by atoms with Crippen molar-refractivity contribution in [1.82, 2.24) is 20.7 Å². The van der Waals surface area contributed by atoms with E-state index in [0.717, 1.165) is 35.1 Å². The molecule has 4 N–H and O–H groups in total. The van der Waals surface area contributed by atoms with Crippen LogP contribution in [0, 0.1) is 0 Å². The number of aromatic nitrogens is 2. The Hall–Kier alpha value is -2.82. The molecule has 1 aliphatic carbocycles. The average Bonchev–Trinajstić information content (AvgIpc) is 3.20. The normalized spacial score (nSPS) is 14.6. The predicted octanol–water partition coefficient (Wildman–Crippen LogP) is 2.50. The van der Waals surface area contributed by atoms with Crippen LogP contribution in [0.25, 0.3) is 0 Å². The van der Waals surface area contributed by atoms with Gasteiger partial charge in [0.2, 0.25) is 0 Å². The lowest BCUT2D eigenvalue weighted by atomic mass is 9.69. The first-order chi connectivity index (χ1) is 16.9. The second kappa shape index (κ2) is 10.8. The average molecular weight is 482 g/mol. The maximum absolute atomic E-state index is 12.5. The molecule has 0 atom stereocenters. The first-order valence-corrected chi connectivity index (χ1v) is 12.0. The van der Waals surface area contributed by atoms with Crippen LogP contribution in [0.2, 0.25) is 0 Å². The van der Waals surface area contributed by atoms with Gasteiger partial charge in [-0.1, -0.05) is 36.4 Å². The minimum Gasteiger partial charge on any atom is -0.330 e. The molecule has 3 aromatic rings. The summed E-state index contributed by atoms with van der Waals surface area (Å²) < 4.78 is 7.23. The summed E-state index contributed by atoms with van der Waals surface area (Å²) in [6.45, 7) is 5.57. The Morgan fingerprint density at radius 1 is 1.03 bits per heavy atom. The highest BCUT2D eigenvalue weighted by Crippen LogP contribution is 2.47. The number of hydrogen-bond donors (Lipinski definition) is 3. The molecule has 1 aliphatic rings. The molecular weight excluding hydrogens is 446 g/mol. The van der Waals surface area contributed by atoms with E-state index in [-0.39, 0.29) is 6.04 Å². The summed E-state index contributed by atoms with van der Waals surface area (Å²) >= 11 is 0. The fraction of sp³-hybridized carbons (Fsp3) is 0.462. The van der Waals surface area contributed by atoms with Crippen molar-refractivity contribution in [3.63, 3.8) is 0 Å². The van der Waals surface area contributed by atoms with Gasteiger partial charge in [0.25, 0.3) is 0 Å². The third-order valence-corrected chi connectivity index (χ3v) is 6.72. The Morgan fingerprint density at radius 2 is 1.57 bits per heavy atom. The number of rotatable bonds is 10. The first kappa shape index (κ1) is 25.3. The standard InChI is InChI=1S/C26H35N5O4/c1-17(2)31-24(30-25(32)35-31)26(11-12-27)22-9-5-18(15-28-33-3)13-20(22)7-8-21-14-19(16-29-34-4)6-10-23(21)26/h5-6,9-10,13-14,17,28-29H,7-8,11-12,15-16,27H2,1-4H3. The third-order valence-electron chi connectivity index (χ3n) is 6.72. The van der Waals surface area contributed by atoms with E-state index in [1.165, 1.54) is 11.1 Å². The van der Waals surface area contributed by atoms with Gasteiger partial charge >= 0.3 is 5.76 Å². The zero-order chi connectivity index (χ0) is 25.0. The van der Waals surface area contributed by atoms with Crippen LogP contribution in [0.15, 0.2) is 45.7 Å². The molecule has 0 bridgehead atoms. The topological polar surface area (TPSA) is 117 Å². The van der Waals surface area contributed by atoms with Crippen LogP contribution in [-0.4, -0.2) is 30.5 Å². The summed E-state index contributed by atoms with van der Waals surface area (Å²) in [4.78, 5) is 27.1. The van der Waals surface area contributed by atoms with E-state index in [9.17, 15) is 4.79 Å². The lowest BCUT2D eigenvalue weighted by molar-refractivity contribution is 0.0866. The Labute approximate surface area is 205 Å². The molecule has 188 valence electrons. The van der Waals surface area contributed by atoms with Crippen LogP contribution in [0.5, 0.6) is 0 Å². The van der Waals surface area contributed by atoms with Crippen molar-refractivity contribution in [3.05, 3.63) is 86.2 Å². The number of nitrogens with two attached hydrogens (primary N) is 1. The molecule has 2 aromatic carbocycles. The van der Waals surface area contributed by atoms with Gasteiger partial charge in [0.05, 0.1) is 25.7 Å². The summed E-state index contributed by atoms with van der Waals surface area (Å²) in [5, 5.41) is 0. The van der Waals surface area contributed by atoms with Crippen molar-refractivity contribution in [2.45, 2.75) is 57.7 Å². The molecule has 1 aromatic heterocycles. The van der Waals surface area contributed by atoms with E-state index in [0.29, 0.717) is 31.9 Å². The van der Waals surface area contributed by atoms with Crippen LogP contribution >= 0.6 is 0 Å². The van der Waals surface area contributed by atoms with Crippen LogP contribution in [0.1, 0.15) is 65.5 Å². The van der Waals surface area contributed by atoms with Gasteiger partial charge in [0.1, 0.15) is 0 Å². The minimum absolute atomic E-state index is 0.0830. The Balaban J connectivity index is 2.01. The van der Waals surface area contributed by atoms with Gasteiger partial charge in [0, 0.05) is 13.1 Å². The third kappa shape index (κ3) is 4.82. The van der Waals surface area contributed by atoms with Crippen molar-refractivity contribution in [3.8, 4) is 0 Å². The maximum Gasteiger partial charge on any atom is 0.459 e. The highest BCUT2D eigenvalue weighted by Gasteiger charge is 2.45. The second-order valence-corrected chi connectivity index (χ2v) is 9.19. The van der Waals surface area contributed by atoms with Crippen LogP contribution < -0.4 is 22.4 Å². The van der Waals surface area contributed by atoms with Crippen LogP contribution in [-0.2, 0) is 41.0 Å². The van der Waals surface area contributed by atoms with E-state index in [2.05, 4.69) is 52.3 Å². The molecule has 9 nitrogen and oxygen atoms in total. The second-order valence-electron chi connectivity index (χ2n) is 9.19. The number of aryl methyl sites for hydroxylation is 2. The monoisotopic (exact) mass is 481 g/mol. The van der Waals surface area contributed by atoms with E-state index in [1.54, 1.807) is 19.0 Å². The molecule has 35 heavy (non-hydrogen) atoms. The van der Waals surface area contributed by atoms with Crippen LogP contribution in [0.4, 0.5) is 0 Å². The molecule has 0 spiro atoms. The molecule has 9 heteroatoms. The van der Waals surface area contributed by atoms with Crippen molar-refractivity contribution in [1.29, 1.82) is 0 Å². The molecule has 0 saturated carbocycles. The van der Waals surface area contributed by atoms with Gasteiger partial charge in [-0.3, -0.25) is 0 Å². The summed E-state index contributed by atoms with van der Waals surface area (Å²) in [6, 6.07) is 12.8. The van der Waals surface area contributed by atoms with E-state index in [4.69, 9.17) is 19.9 Å². The molecular formula is C26H35N5O4. The van der Waals surface area contributed by atoms with E-state index in [1.807, 2.05) is 13.8 Å². The minimum atomic E-state index is -0.729. The molecule has 0 saturated heterocycles. The van der Waals surface area contributed by atoms with Crippen LogP contribution in [0.3, 0.4) is 0 Å². The molecule has 0 radical (unpaired) electrons. The quantitative estimate of drug-likeness (QED) is 0.378. The Kier molecular flexibility index (Phi) is 7.83. The van der Waals surface area contributed by atoms with Gasteiger partial charge in [-0.15, -0.1) is 0 Å². The van der Waals surface area contributed by atoms with Crippen molar-refractivity contribution in [2.75, 3.05) is 20.8 Å². The molecule has 1 heterocycles. The van der Waals surface area contributed by atoms with Gasteiger partial charge in [-0.2, -0.15) is 20.7 Å². The summed E-state index contributed by atoms with van der Waals surface area (Å²) in [5.41, 5.74) is 18.2. The highest BCUT2D eigenvalue weighted by atomic mass is 16.6. The summed E-state index contributed by atoms with van der Waals surface area (Å²) in [6.07, 6.45) is 2.28. The molecule has 4 rings (SSSR count). The number of fused-ring (bicyclic) bond motifs is 2. The van der Waals surface area contributed by atoms with E-state index >= 15 is 0 Å². The largest absolute Gasteiger partial charge is 0.459 e. The van der Waals surface area contributed by atoms with Crippen molar-refractivity contribution in [2.24, 2.45) is 5.73 Å². The number of benzene rings is 2. The zero-order valence-electron chi connectivity index (χ0n) is 20.9. The Bertz CT molecular complexity index is 1160. The van der Waals surface area contributed by atoms with Gasteiger partial charge in [0.15, 0.2) is 5.82 Å². The maximum atomic E-state index is 12.5. The first-order valence-electron chi connectivity index (χ1n) is 12.0. The number of nitrogens with zero attached hydrogens (tertiary/aromatic N) is 2. The molecule has 0 amide bonds. The van der Waals surface area contributed by atoms with E-state index < -0.39 is 11.2 Å². The number of hydroxylamine groups is 2. The summed E-state index contributed by atoms with van der Waals surface area (Å²) in [5.74, 6) is -0.00263. The van der Waals surface area contributed by atoms with Crippen molar-refractivity contribution >= 4 is 0 Å². The fourth-order valence-corrected chi connectivity index (χ4v) is 5.24. The molecule has 0 fully saturated rings. The lowest BCUT2D eigenvalue weighted by Gasteiger charge is -2.36. The molecule has 0 unspecified atom stereocenters. The SMILES string of the molecule is CONCc1ccc2c(c1)CCc1cc(CNOC)ccc1C2(CCN)c1nc(=O)on1C(C)C. The van der Waals surface area contributed by atoms with Gasteiger partial charge in [-0.05, 0) is 73.0 Å². The predicted molar refractivity (Wildman–Crippen MR) is 133 cm³/mol. The van der Waals surface area contributed by atoms with Gasteiger partial charge < -0.3 is 19.9 Å². The molecule has 0 aliphatic heterocycles.